The molecule has 0 spiro atoms. The van der Waals surface area contributed by atoms with Crippen LogP contribution in [-0.2, 0) is 4.79 Å². The molecule has 138 valence electrons. The molecule has 2 N–H and O–H groups in total. The van der Waals surface area contributed by atoms with Crippen LogP contribution in [0.5, 0.6) is 5.75 Å². The fourth-order valence-corrected chi connectivity index (χ4v) is 2.04. The zero-order chi connectivity index (χ0) is 19.3. The molecule has 0 aliphatic carbocycles. The Labute approximate surface area is 146 Å². The van der Waals surface area contributed by atoms with Crippen molar-refractivity contribution in [2.45, 2.75) is 26.3 Å². The van der Waals surface area contributed by atoms with E-state index in [1.807, 2.05) is 0 Å². The highest BCUT2D eigenvalue weighted by Crippen LogP contribution is 2.25. The number of alkyl halides is 3. The Kier molecular flexibility index (Phi) is 5.75. The number of hydrogen-bond donors (Lipinski definition) is 2. The van der Waals surface area contributed by atoms with E-state index in [4.69, 9.17) is 0 Å². The lowest BCUT2D eigenvalue weighted by Crippen LogP contribution is -2.28. The fraction of sp³-hybridized carbons (Fsp3) is 0.250. The van der Waals surface area contributed by atoms with Gasteiger partial charge in [-0.05, 0) is 30.7 Å². The molecule has 0 aliphatic heterocycles. The molecule has 1 aromatic carbocycles. The second-order valence-corrected chi connectivity index (χ2v) is 5.26. The van der Waals surface area contributed by atoms with E-state index in [9.17, 15) is 22.8 Å². The largest absolute Gasteiger partial charge is 0.573 e. The smallest absolute Gasteiger partial charge is 0.406 e. The van der Waals surface area contributed by atoms with Gasteiger partial charge in [0.2, 0.25) is 11.9 Å². The molecule has 2 rings (SSSR count). The third-order valence-electron chi connectivity index (χ3n) is 3.12. The SMILES string of the molecule is CC(=O)Nc1nccc(C(=O)NC(C)c2cccc(OC(F)(F)F)c2)n1. The first-order valence-corrected chi connectivity index (χ1v) is 7.41. The van der Waals surface area contributed by atoms with Crippen LogP contribution in [-0.4, -0.2) is 28.1 Å². The van der Waals surface area contributed by atoms with Crippen LogP contribution in [0.4, 0.5) is 19.1 Å². The minimum Gasteiger partial charge on any atom is -0.406 e. The zero-order valence-corrected chi connectivity index (χ0v) is 13.8. The molecular weight excluding hydrogens is 353 g/mol. The molecule has 1 unspecified atom stereocenters. The van der Waals surface area contributed by atoms with E-state index in [2.05, 4.69) is 25.3 Å². The van der Waals surface area contributed by atoms with E-state index >= 15 is 0 Å². The Bertz CT molecular complexity index is 811. The van der Waals surface area contributed by atoms with E-state index in [-0.39, 0.29) is 17.4 Å². The summed E-state index contributed by atoms with van der Waals surface area (Å²) in [5, 5.41) is 4.95. The Hall–Kier alpha value is -3.17. The number of halogens is 3. The molecule has 2 amide bonds. The van der Waals surface area contributed by atoms with Crippen LogP contribution >= 0.6 is 0 Å². The summed E-state index contributed by atoms with van der Waals surface area (Å²) in [6.45, 7) is 2.87. The highest BCUT2D eigenvalue weighted by molar-refractivity contribution is 5.93. The summed E-state index contributed by atoms with van der Waals surface area (Å²) in [6, 6.07) is 6.02. The average molecular weight is 368 g/mol. The van der Waals surface area contributed by atoms with E-state index in [0.717, 1.165) is 6.07 Å². The van der Waals surface area contributed by atoms with Gasteiger partial charge in [-0.15, -0.1) is 13.2 Å². The summed E-state index contributed by atoms with van der Waals surface area (Å²) in [5.74, 6) is -1.38. The lowest BCUT2D eigenvalue weighted by molar-refractivity contribution is -0.274. The number of ether oxygens (including phenoxy) is 1. The summed E-state index contributed by atoms with van der Waals surface area (Å²) in [4.78, 5) is 31.0. The molecule has 0 fully saturated rings. The van der Waals surface area contributed by atoms with E-state index in [1.54, 1.807) is 13.0 Å². The van der Waals surface area contributed by atoms with Crippen molar-refractivity contribution in [3.05, 3.63) is 47.8 Å². The van der Waals surface area contributed by atoms with Crippen LogP contribution < -0.4 is 15.4 Å². The third-order valence-corrected chi connectivity index (χ3v) is 3.12. The first-order valence-electron chi connectivity index (χ1n) is 7.41. The van der Waals surface area contributed by atoms with Gasteiger partial charge in [0.1, 0.15) is 11.4 Å². The van der Waals surface area contributed by atoms with Gasteiger partial charge in [-0.25, -0.2) is 9.97 Å². The summed E-state index contributed by atoms with van der Waals surface area (Å²) in [7, 11) is 0. The molecule has 0 bridgehead atoms. The Morgan fingerprint density at radius 1 is 1.23 bits per heavy atom. The molecule has 1 heterocycles. The van der Waals surface area contributed by atoms with Crippen LogP contribution in [0.25, 0.3) is 0 Å². The molecular formula is C16H15F3N4O3. The van der Waals surface area contributed by atoms with Crippen LogP contribution in [0, 0.1) is 0 Å². The van der Waals surface area contributed by atoms with Gasteiger partial charge in [-0.1, -0.05) is 12.1 Å². The number of amides is 2. The Morgan fingerprint density at radius 2 is 1.96 bits per heavy atom. The maximum Gasteiger partial charge on any atom is 0.573 e. The fourth-order valence-electron chi connectivity index (χ4n) is 2.04. The number of benzene rings is 1. The summed E-state index contributed by atoms with van der Waals surface area (Å²) < 4.78 is 40.8. The van der Waals surface area contributed by atoms with Gasteiger partial charge in [0.25, 0.3) is 5.91 Å². The minimum atomic E-state index is -4.80. The second-order valence-electron chi connectivity index (χ2n) is 5.26. The Balaban J connectivity index is 2.09. The van der Waals surface area contributed by atoms with Crippen LogP contribution in [0.1, 0.15) is 35.9 Å². The third kappa shape index (κ3) is 5.72. The Morgan fingerprint density at radius 3 is 2.62 bits per heavy atom. The number of nitrogens with one attached hydrogen (secondary N) is 2. The quantitative estimate of drug-likeness (QED) is 0.847. The molecule has 0 aliphatic rings. The van der Waals surface area contributed by atoms with E-state index in [0.29, 0.717) is 5.56 Å². The van der Waals surface area contributed by atoms with Crippen molar-refractivity contribution < 1.29 is 27.5 Å². The van der Waals surface area contributed by atoms with Gasteiger partial charge < -0.3 is 10.1 Å². The van der Waals surface area contributed by atoms with Crippen molar-refractivity contribution >= 4 is 17.8 Å². The van der Waals surface area contributed by atoms with Gasteiger partial charge in [0, 0.05) is 13.1 Å². The summed E-state index contributed by atoms with van der Waals surface area (Å²) in [5.41, 5.74) is 0.412. The van der Waals surface area contributed by atoms with Crippen molar-refractivity contribution in [3.63, 3.8) is 0 Å². The zero-order valence-electron chi connectivity index (χ0n) is 13.8. The second kappa shape index (κ2) is 7.81. The predicted octanol–water partition coefficient (Wildman–Crippen LogP) is 2.82. The first-order chi connectivity index (χ1) is 12.1. The van der Waals surface area contributed by atoms with Crippen LogP contribution in [0.2, 0.25) is 0 Å². The maximum absolute atomic E-state index is 12.3. The number of carbonyl (C=O) groups is 2. The maximum atomic E-state index is 12.3. The standard InChI is InChI=1S/C16H15F3N4O3/c1-9(11-4-3-5-12(8-11)26-16(17,18)19)21-14(25)13-6-7-20-15(23-13)22-10(2)24/h3-9H,1-2H3,(H,21,25)(H,20,22,23,24). The molecule has 2 aromatic rings. The van der Waals surface area contributed by atoms with Gasteiger partial charge >= 0.3 is 6.36 Å². The molecule has 0 saturated carbocycles. The molecule has 1 aromatic heterocycles. The molecule has 1 atom stereocenters. The van der Waals surface area contributed by atoms with Gasteiger partial charge in [0.05, 0.1) is 6.04 Å². The van der Waals surface area contributed by atoms with Crippen molar-refractivity contribution in [1.29, 1.82) is 0 Å². The van der Waals surface area contributed by atoms with E-state index in [1.165, 1.54) is 31.3 Å². The van der Waals surface area contributed by atoms with Gasteiger partial charge in [0.15, 0.2) is 0 Å². The average Bonchev–Trinajstić information content (AvgIpc) is 2.53. The number of hydrogen-bond acceptors (Lipinski definition) is 5. The molecule has 0 radical (unpaired) electrons. The monoisotopic (exact) mass is 368 g/mol. The first kappa shape index (κ1) is 19.2. The van der Waals surface area contributed by atoms with Crippen molar-refractivity contribution in [1.82, 2.24) is 15.3 Å². The predicted molar refractivity (Wildman–Crippen MR) is 85.3 cm³/mol. The lowest BCUT2D eigenvalue weighted by Gasteiger charge is -2.16. The normalized spacial score (nSPS) is 12.2. The van der Waals surface area contributed by atoms with Crippen molar-refractivity contribution in [3.8, 4) is 5.75 Å². The van der Waals surface area contributed by atoms with Crippen molar-refractivity contribution in [2.24, 2.45) is 0 Å². The number of nitrogens with zero attached hydrogens (tertiary/aromatic N) is 2. The lowest BCUT2D eigenvalue weighted by atomic mass is 10.1. The molecule has 10 heteroatoms. The highest BCUT2D eigenvalue weighted by Gasteiger charge is 2.31. The molecule has 26 heavy (non-hydrogen) atoms. The molecule has 7 nitrogen and oxygen atoms in total. The van der Waals surface area contributed by atoms with Crippen LogP contribution in [0.15, 0.2) is 36.5 Å². The number of rotatable bonds is 5. The van der Waals surface area contributed by atoms with Gasteiger partial charge in [-0.2, -0.15) is 0 Å². The minimum absolute atomic E-state index is 0.00158. The topological polar surface area (TPSA) is 93.2 Å². The summed E-state index contributed by atoms with van der Waals surface area (Å²) in [6.07, 6.45) is -3.50. The van der Waals surface area contributed by atoms with Crippen molar-refractivity contribution in [2.75, 3.05) is 5.32 Å². The molecule has 0 saturated heterocycles. The van der Waals surface area contributed by atoms with Gasteiger partial charge in [-0.3, -0.25) is 14.9 Å². The van der Waals surface area contributed by atoms with Crippen LogP contribution in [0.3, 0.4) is 0 Å². The van der Waals surface area contributed by atoms with E-state index < -0.39 is 24.2 Å². The number of anilines is 1. The summed E-state index contributed by atoms with van der Waals surface area (Å²) >= 11 is 0. The highest BCUT2D eigenvalue weighted by atomic mass is 19.4. The number of aromatic nitrogens is 2. The number of carbonyl (C=O) groups excluding carboxylic acids is 2.